The van der Waals surface area contributed by atoms with E-state index in [1.807, 2.05) is 10.6 Å². The molecule has 1 aromatic heterocycles. The number of pyridine rings is 1. The fraction of sp³-hybridized carbons (Fsp3) is 0.471. The Morgan fingerprint density at radius 1 is 1.35 bits per heavy atom. The molecule has 3 heteroatoms. The topological polar surface area (TPSA) is 34.0 Å². The highest BCUT2D eigenvalue weighted by molar-refractivity contribution is 5.20. The Bertz CT molecular complexity index is 577. The van der Waals surface area contributed by atoms with Gasteiger partial charge in [0.25, 0.3) is 5.56 Å². The van der Waals surface area contributed by atoms with Gasteiger partial charge in [-0.2, -0.15) is 0 Å². The van der Waals surface area contributed by atoms with Crippen molar-refractivity contribution in [2.45, 2.75) is 38.1 Å². The van der Waals surface area contributed by atoms with Gasteiger partial charge >= 0.3 is 0 Å². The van der Waals surface area contributed by atoms with Crippen molar-refractivity contribution in [2.24, 2.45) is 0 Å². The molecule has 1 N–H and O–H groups in total. The molecule has 1 aromatic rings. The van der Waals surface area contributed by atoms with Crippen LogP contribution in [0.3, 0.4) is 0 Å². The Kier molecular flexibility index (Phi) is 4.16. The molecule has 1 atom stereocenters. The maximum Gasteiger partial charge on any atom is 0.250 e. The summed E-state index contributed by atoms with van der Waals surface area (Å²) in [6.07, 6.45) is 13.1. The zero-order valence-corrected chi connectivity index (χ0v) is 11.8. The van der Waals surface area contributed by atoms with Crippen molar-refractivity contribution in [3.05, 3.63) is 58.0 Å². The maximum atomic E-state index is 12.0. The van der Waals surface area contributed by atoms with E-state index in [1.165, 1.54) is 24.0 Å². The zero-order chi connectivity index (χ0) is 13.8. The van der Waals surface area contributed by atoms with Crippen LogP contribution in [0.5, 0.6) is 0 Å². The van der Waals surface area contributed by atoms with Crippen LogP contribution in [0.25, 0.3) is 0 Å². The van der Waals surface area contributed by atoms with Crippen molar-refractivity contribution in [1.82, 2.24) is 9.88 Å². The van der Waals surface area contributed by atoms with Crippen LogP contribution in [0.2, 0.25) is 0 Å². The van der Waals surface area contributed by atoms with Crippen molar-refractivity contribution in [1.29, 1.82) is 0 Å². The lowest BCUT2D eigenvalue weighted by molar-refractivity contribution is 0.459. The third-order valence-electron chi connectivity index (χ3n) is 4.25. The third kappa shape index (κ3) is 3.10. The molecule has 1 aliphatic heterocycles. The number of piperidine rings is 1. The minimum atomic E-state index is 0.105. The Balaban J connectivity index is 1.81. The van der Waals surface area contributed by atoms with Gasteiger partial charge in [0.05, 0.1) is 0 Å². The minimum Gasteiger partial charge on any atom is -0.316 e. The highest BCUT2D eigenvalue weighted by Gasteiger charge is 2.16. The van der Waals surface area contributed by atoms with Crippen molar-refractivity contribution in [3.63, 3.8) is 0 Å². The first-order valence-electron chi connectivity index (χ1n) is 7.58. The SMILES string of the molecule is O=c1ccc(C2CCCNC2)cn1CC1=CC=CCC1. The molecule has 1 aliphatic carbocycles. The molecule has 3 nitrogen and oxygen atoms in total. The van der Waals surface area contributed by atoms with Gasteiger partial charge in [-0.1, -0.05) is 29.9 Å². The highest BCUT2D eigenvalue weighted by Crippen LogP contribution is 2.22. The monoisotopic (exact) mass is 270 g/mol. The van der Waals surface area contributed by atoms with Crippen LogP contribution in [-0.4, -0.2) is 17.7 Å². The molecule has 3 rings (SSSR count). The van der Waals surface area contributed by atoms with E-state index in [4.69, 9.17) is 0 Å². The van der Waals surface area contributed by atoms with Gasteiger partial charge in [0.15, 0.2) is 0 Å². The number of nitrogens with zero attached hydrogens (tertiary/aromatic N) is 1. The summed E-state index contributed by atoms with van der Waals surface area (Å²) in [7, 11) is 0. The lowest BCUT2D eigenvalue weighted by Crippen LogP contribution is -2.29. The van der Waals surface area contributed by atoms with Gasteiger partial charge < -0.3 is 9.88 Å². The van der Waals surface area contributed by atoms with Crippen molar-refractivity contribution < 1.29 is 0 Å². The summed E-state index contributed by atoms with van der Waals surface area (Å²) in [5.74, 6) is 0.552. The first kappa shape index (κ1) is 13.4. The van der Waals surface area contributed by atoms with E-state index < -0.39 is 0 Å². The van der Waals surface area contributed by atoms with E-state index in [2.05, 4.69) is 29.7 Å². The Morgan fingerprint density at radius 2 is 2.30 bits per heavy atom. The largest absolute Gasteiger partial charge is 0.316 e. The molecule has 1 unspecified atom stereocenters. The molecule has 0 amide bonds. The van der Waals surface area contributed by atoms with E-state index in [0.29, 0.717) is 5.92 Å². The average Bonchev–Trinajstić information content (AvgIpc) is 2.51. The number of aromatic nitrogens is 1. The second-order valence-electron chi connectivity index (χ2n) is 5.76. The zero-order valence-electron chi connectivity index (χ0n) is 11.8. The second kappa shape index (κ2) is 6.23. The number of hydrogen-bond acceptors (Lipinski definition) is 2. The quantitative estimate of drug-likeness (QED) is 0.916. The molecule has 0 bridgehead atoms. The summed E-state index contributed by atoms with van der Waals surface area (Å²) in [4.78, 5) is 12.0. The van der Waals surface area contributed by atoms with Gasteiger partial charge in [-0.25, -0.2) is 0 Å². The predicted molar refractivity (Wildman–Crippen MR) is 82.0 cm³/mol. The predicted octanol–water partition coefficient (Wildman–Crippen LogP) is 2.59. The first-order chi connectivity index (χ1) is 9.83. The molecule has 0 radical (unpaired) electrons. The summed E-state index contributed by atoms with van der Waals surface area (Å²) in [5.41, 5.74) is 2.74. The Morgan fingerprint density at radius 3 is 3.05 bits per heavy atom. The van der Waals surface area contributed by atoms with Crippen LogP contribution >= 0.6 is 0 Å². The van der Waals surface area contributed by atoms with E-state index in [0.717, 1.165) is 32.5 Å². The molecule has 1 saturated heterocycles. The fourth-order valence-corrected chi connectivity index (χ4v) is 3.05. The second-order valence-corrected chi connectivity index (χ2v) is 5.76. The summed E-state index contributed by atoms with van der Waals surface area (Å²) < 4.78 is 1.87. The van der Waals surface area contributed by atoms with Gasteiger partial charge in [-0.05, 0) is 43.7 Å². The van der Waals surface area contributed by atoms with Crippen LogP contribution in [0.4, 0.5) is 0 Å². The molecular formula is C17H22N2O. The standard InChI is InChI=1S/C17H22N2O/c20-17-9-8-16(15-7-4-10-18-11-15)13-19(17)12-14-5-2-1-3-6-14/h1-2,5,8-9,13,15,18H,3-4,6-7,10-12H2. The van der Waals surface area contributed by atoms with Gasteiger partial charge in [0.1, 0.15) is 0 Å². The van der Waals surface area contributed by atoms with Crippen molar-refractivity contribution in [2.75, 3.05) is 13.1 Å². The first-order valence-corrected chi connectivity index (χ1v) is 7.58. The number of allylic oxidation sites excluding steroid dienone is 4. The molecule has 106 valence electrons. The molecule has 2 heterocycles. The third-order valence-corrected chi connectivity index (χ3v) is 4.25. The van der Waals surface area contributed by atoms with Gasteiger partial charge in [-0.3, -0.25) is 4.79 Å². The lowest BCUT2D eigenvalue weighted by Gasteiger charge is -2.23. The molecular weight excluding hydrogens is 248 g/mol. The minimum absolute atomic E-state index is 0.105. The summed E-state index contributed by atoms with van der Waals surface area (Å²) >= 11 is 0. The number of rotatable bonds is 3. The van der Waals surface area contributed by atoms with Crippen molar-refractivity contribution in [3.8, 4) is 0 Å². The van der Waals surface area contributed by atoms with Gasteiger partial charge in [0.2, 0.25) is 0 Å². The highest BCUT2D eigenvalue weighted by atomic mass is 16.1. The van der Waals surface area contributed by atoms with Crippen molar-refractivity contribution >= 4 is 0 Å². The number of nitrogens with one attached hydrogen (secondary N) is 1. The van der Waals surface area contributed by atoms with E-state index in [-0.39, 0.29) is 5.56 Å². The fourth-order valence-electron chi connectivity index (χ4n) is 3.05. The smallest absolute Gasteiger partial charge is 0.250 e. The van der Waals surface area contributed by atoms with Gasteiger partial charge in [0, 0.05) is 25.4 Å². The van der Waals surface area contributed by atoms with Crippen LogP contribution in [0.1, 0.15) is 37.2 Å². The van der Waals surface area contributed by atoms with Crippen LogP contribution in [-0.2, 0) is 6.54 Å². The Hall–Kier alpha value is -1.61. The summed E-state index contributed by atoms with van der Waals surface area (Å²) in [6.45, 7) is 2.89. The van der Waals surface area contributed by atoms with E-state index in [9.17, 15) is 4.79 Å². The van der Waals surface area contributed by atoms with E-state index in [1.54, 1.807) is 6.07 Å². The Labute approximate surface area is 120 Å². The molecule has 0 aromatic carbocycles. The van der Waals surface area contributed by atoms with E-state index >= 15 is 0 Å². The molecule has 2 aliphatic rings. The van der Waals surface area contributed by atoms with Crippen LogP contribution in [0, 0.1) is 0 Å². The summed E-state index contributed by atoms with van der Waals surface area (Å²) in [5, 5.41) is 3.44. The van der Waals surface area contributed by atoms with Gasteiger partial charge in [-0.15, -0.1) is 0 Å². The summed E-state index contributed by atoms with van der Waals surface area (Å²) in [6, 6.07) is 3.73. The van der Waals surface area contributed by atoms with Crippen LogP contribution < -0.4 is 10.9 Å². The molecule has 0 spiro atoms. The molecule has 0 saturated carbocycles. The lowest BCUT2D eigenvalue weighted by atomic mass is 9.93. The maximum absolute atomic E-state index is 12.0. The normalized spacial score (nSPS) is 22.6. The number of hydrogen-bond donors (Lipinski definition) is 1. The average molecular weight is 270 g/mol. The molecule has 20 heavy (non-hydrogen) atoms. The van der Waals surface area contributed by atoms with Crippen LogP contribution in [0.15, 0.2) is 46.9 Å². The molecule has 1 fully saturated rings.